The van der Waals surface area contributed by atoms with Crippen LogP contribution in [-0.4, -0.2) is 161 Å². The Morgan fingerprint density at radius 1 is 0.713 bits per heavy atom. The number of carboxylic acids is 1. The van der Waals surface area contributed by atoms with Crippen LogP contribution < -0.4 is 46.3 Å². The van der Waals surface area contributed by atoms with Crippen LogP contribution in [0.3, 0.4) is 0 Å². The van der Waals surface area contributed by atoms with Gasteiger partial charge in [0.05, 0.1) is 63.1 Å². The first-order valence-electron chi connectivity index (χ1n) is 28.0. The van der Waals surface area contributed by atoms with E-state index in [4.69, 9.17) is 18.9 Å². The maximum atomic E-state index is 14.4. The van der Waals surface area contributed by atoms with Crippen LogP contribution in [0.25, 0.3) is 11.1 Å². The lowest BCUT2D eigenvalue weighted by Gasteiger charge is -2.24. The summed E-state index contributed by atoms with van der Waals surface area (Å²) in [4.78, 5) is 139. The predicted octanol–water partition coefficient (Wildman–Crippen LogP) is 3.91. The van der Waals surface area contributed by atoms with Crippen LogP contribution in [0.15, 0.2) is 90.2 Å². The number of carboxylic acid groups (broad SMARTS) is 1. The molecular weight excluding hydrogens is 1130 g/mol. The lowest BCUT2D eigenvalue weighted by Crippen LogP contribution is -2.53. The molecule has 9 amide bonds. The summed E-state index contributed by atoms with van der Waals surface area (Å²) in [7, 11) is 4.70. The van der Waals surface area contributed by atoms with Crippen molar-refractivity contribution in [2.24, 2.45) is 25.0 Å². The summed E-state index contributed by atoms with van der Waals surface area (Å²) < 4.78 is 25.6. The molecule has 458 valence electrons. The largest absolute Gasteiger partial charge is 0.493 e. The Morgan fingerprint density at radius 2 is 1.44 bits per heavy atom. The van der Waals surface area contributed by atoms with E-state index >= 15 is 0 Å². The molecule has 27 heteroatoms. The SMILES string of the molecule is COc1cc2c(cc1OCCCC(=O)Nc1cn(C)c(C(=O)Nc3ccc(-c4cc(C(=O)O)n(C)c4)cc3)n1)N=C[C@@H]1Cc3ccc(NC(=O)[C@H](C)NC(=O)[C@@H](NC(=O)CCOCCOCCNC(=O)CCN4C(=O)C=CC4=O)C(C)C)cc3N1C2=O. The van der Waals surface area contributed by atoms with Crippen molar-refractivity contribution in [2.75, 3.05) is 74.1 Å². The van der Waals surface area contributed by atoms with E-state index in [1.807, 2.05) is 6.07 Å². The van der Waals surface area contributed by atoms with Crippen molar-refractivity contribution in [3.63, 3.8) is 0 Å². The lowest BCUT2D eigenvalue weighted by atomic mass is 10.0. The molecule has 2 aromatic heterocycles. The van der Waals surface area contributed by atoms with Gasteiger partial charge >= 0.3 is 5.97 Å². The molecule has 3 aromatic carbocycles. The fourth-order valence-corrected chi connectivity index (χ4v) is 9.64. The molecule has 0 saturated carbocycles. The summed E-state index contributed by atoms with van der Waals surface area (Å²) in [6.45, 7) is 5.90. The van der Waals surface area contributed by atoms with Gasteiger partial charge in [0.25, 0.3) is 23.6 Å². The Labute approximate surface area is 499 Å². The Morgan fingerprint density at radius 3 is 2.14 bits per heavy atom. The molecule has 3 aliphatic rings. The number of carbonyl (C=O) groups excluding carboxylic acids is 9. The standard InChI is InChI=1S/C60H68N12O15/c1-34(2)54(68-51(75)18-22-85-24-25-86-23-19-61-49(73)17-20-71-52(76)15-16-53(71)77)57(79)63-35(3)56(78)65-40-14-11-37-26-41-31-62-43-30-47(46(84-6)29-42(43)59(81)72(41)44(37)28-40)87-21-7-8-50(74)66-48-33-70(5)55(67-48)58(80)64-39-12-9-36(10-13-39)38-27-45(60(82)83)69(4)32-38/h9-16,27-35,41,54H,7-8,17-26H2,1-6H3,(H,61,73)(H,63,79)(H,64,80)(H,65,78)(H,66,74)(H,68,75)(H,82,83)/t35-,41-,54-/m0/s1. The van der Waals surface area contributed by atoms with Crippen LogP contribution in [0.1, 0.15) is 83.5 Å². The number of benzene rings is 3. The molecule has 0 spiro atoms. The predicted molar refractivity (Wildman–Crippen MR) is 317 cm³/mol. The molecule has 3 aliphatic heterocycles. The number of methoxy groups -OCH3 is 1. The van der Waals surface area contributed by atoms with Gasteiger partial charge in [0, 0.05) is 107 Å². The highest BCUT2D eigenvalue weighted by atomic mass is 16.5. The van der Waals surface area contributed by atoms with Gasteiger partial charge in [-0.15, -0.1) is 0 Å². The topological polar surface area (TPSA) is 342 Å². The van der Waals surface area contributed by atoms with Gasteiger partial charge in [-0.2, -0.15) is 0 Å². The highest BCUT2D eigenvalue weighted by Crippen LogP contribution is 2.42. The summed E-state index contributed by atoms with van der Waals surface area (Å²) in [5.74, 6) is -4.65. The van der Waals surface area contributed by atoms with E-state index in [2.05, 4.69) is 41.9 Å². The highest BCUT2D eigenvalue weighted by Gasteiger charge is 2.37. The van der Waals surface area contributed by atoms with Crippen molar-refractivity contribution in [1.29, 1.82) is 0 Å². The Hall–Kier alpha value is -10.0. The number of aliphatic imine (C=N–C) groups is 1. The first kappa shape index (κ1) is 63.0. The van der Waals surface area contributed by atoms with Crippen LogP contribution >= 0.6 is 0 Å². The number of carbonyl (C=O) groups is 10. The molecule has 5 heterocycles. The van der Waals surface area contributed by atoms with Crippen molar-refractivity contribution in [1.82, 2.24) is 35.0 Å². The maximum Gasteiger partial charge on any atom is 0.352 e. The van der Waals surface area contributed by atoms with E-state index < -0.39 is 59.5 Å². The maximum absolute atomic E-state index is 14.4. The number of aromatic nitrogens is 3. The second kappa shape index (κ2) is 28.7. The van der Waals surface area contributed by atoms with Crippen molar-refractivity contribution in [2.45, 2.75) is 71.0 Å². The molecule has 27 nitrogen and oxygen atoms in total. The number of amides is 9. The highest BCUT2D eigenvalue weighted by molar-refractivity contribution is 6.15. The number of imidazole rings is 1. The first-order chi connectivity index (χ1) is 41.7. The third kappa shape index (κ3) is 16.0. The van der Waals surface area contributed by atoms with E-state index in [1.165, 1.54) is 29.4 Å². The van der Waals surface area contributed by atoms with Gasteiger partial charge in [-0.1, -0.05) is 32.0 Å². The van der Waals surface area contributed by atoms with Crippen LogP contribution in [0.4, 0.5) is 28.6 Å². The number of aromatic carboxylic acids is 1. The van der Waals surface area contributed by atoms with Gasteiger partial charge in [-0.25, -0.2) is 9.78 Å². The molecule has 8 rings (SSSR count). The fraction of sp³-hybridized carbons (Fsp3) is 0.367. The molecule has 5 aromatic rings. The van der Waals surface area contributed by atoms with E-state index in [-0.39, 0.29) is 124 Å². The Balaban J connectivity index is 0.752. The summed E-state index contributed by atoms with van der Waals surface area (Å²) in [5, 5.41) is 25.8. The normalized spacial score (nSPS) is 14.6. The second-order valence-corrected chi connectivity index (χ2v) is 21.0. The van der Waals surface area contributed by atoms with E-state index in [1.54, 1.807) is 99.9 Å². The number of ether oxygens (including phenoxy) is 4. The minimum Gasteiger partial charge on any atom is -0.493 e. The van der Waals surface area contributed by atoms with Crippen molar-refractivity contribution >= 4 is 93.9 Å². The molecule has 3 atom stereocenters. The number of hydrogen-bond donors (Lipinski definition) is 7. The summed E-state index contributed by atoms with van der Waals surface area (Å²) in [6, 6.07) is 14.4. The number of nitrogens with zero attached hydrogens (tertiary/aromatic N) is 6. The van der Waals surface area contributed by atoms with Crippen molar-refractivity contribution in [3.05, 3.63) is 108 Å². The molecule has 0 saturated heterocycles. The summed E-state index contributed by atoms with van der Waals surface area (Å²) in [5.41, 5.74) is 4.44. The molecule has 0 radical (unpaired) electrons. The monoisotopic (exact) mass is 1200 g/mol. The smallest absolute Gasteiger partial charge is 0.352 e. The third-order valence-corrected chi connectivity index (χ3v) is 14.2. The minimum atomic E-state index is -1.04. The van der Waals surface area contributed by atoms with Gasteiger partial charge in [-0.3, -0.25) is 57.9 Å². The molecule has 0 unspecified atom stereocenters. The number of aryl methyl sites for hydroxylation is 2. The zero-order valence-corrected chi connectivity index (χ0v) is 48.8. The molecule has 0 fully saturated rings. The third-order valence-electron chi connectivity index (χ3n) is 14.2. The van der Waals surface area contributed by atoms with E-state index in [0.29, 0.717) is 40.5 Å². The average Bonchev–Trinajstić information content (AvgIpc) is 1.72. The first-order valence-corrected chi connectivity index (χ1v) is 28.0. The van der Waals surface area contributed by atoms with E-state index in [9.17, 15) is 53.1 Å². The van der Waals surface area contributed by atoms with Crippen LogP contribution in [0, 0.1) is 5.92 Å². The average molecular weight is 1200 g/mol. The zero-order chi connectivity index (χ0) is 62.5. The quantitative estimate of drug-likeness (QED) is 0.0264. The number of fused-ring (bicyclic) bond motifs is 4. The van der Waals surface area contributed by atoms with Crippen LogP contribution in [0.2, 0.25) is 0 Å². The minimum absolute atomic E-state index is 0.0163. The molecule has 7 N–H and O–H groups in total. The molecular formula is C60H68N12O15. The number of nitrogens with one attached hydrogen (secondary N) is 6. The van der Waals surface area contributed by atoms with Crippen molar-refractivity contribution in [3.8, 4) is 22.6 Å². The van der Waals surface area contributed by atoms with Gasteiger partial charge < -0.3 is 65.1 Å². The molecule has 0 aliphatic carbocycles. The molecule has 0 bridgehead atoms. The molecule has 87 heavy (non-hydrogen) atoms. The Bertz CT molecular complexity index is 3520. The van der Waals surface area contributed by atoms with Gasteiger partial charge in [0.15, 0.2) is 17.3 Å². The van der Waals surface area contributed by atoms with Gasteiger partial charge in [-0.05, 0) is 66.8 Å². The zero-order valence-electron chi connectivity index (χ0n) is 48.8. The van der Waals surface area contributed by atoms with Crippen LogP contribution in [0.5, 0.6) is 11.5 Å². The summed E-state index contributed by atoms with van der Waals surface area (Å²) in [6.07, 6.45) is 7.89. The number of hydrogen-bond acceptors (Lipinski definition) is 16. The van der Waals surface area contributed by atoms with Crippen molar-refractivity contribution < 1.29 is 72.0 Å². The van der Waals surface area contributed by atoms with Gasteiger partial charge in [0.1, 0.15) is 17.8 Å². The Kier molecular flexibility index (Phi) is 20.8. The van der Waals surface area contributed by atoms with Gasteiger partial charge in [0.2, 0.25) is 35.4 Å². The number of anilines is 4. The summed E-state index contributed by atoms with van der Waals surface area (Å²) >= 11 is 0. The lowest BCUT2D eigenvalue weighted by molar-refractivity contribution is -0.137. The van der Waals surface area contributed by atoms with E-state index in [0.717, 1.165) is 28.2 Å². The second-order valence-electron chi connectivity index (χ2n) is 21.0. The number of imide groups is 1. The number of rotatable bonds is 29. The fourth-order valence-electron chi connectivity index (χ4n) is 9.64. The van der Waals surface area contributed by atoms with Crippen LogP contribution in [-0.2, 0) is 63.6 Å².